The molecule has 0 bridgehead atoms. The van der Waals surface area contributed by atoms with Gasteiger partial charge in [0.2, 0.25) is 6.79 Å². The average molecular weight is 612 g/mol. The fraction of sp³-hybridized carbons (Fsp3) is 0.375. The number of hydrogen-bond donors (Lipinski definition) is 2. The van der Waals surface area contributed by atoms with Crippen molar-refractivity contribution in [2.45, 2.75) is 45.4 Å². The van der Waals surface area contributed by atoms with Crippen LogP contribution in [0.15, 0.2) is 60.7 Å². The van der Waals surface area contributed by atoms with Crippen molar-refractivity contribution in [1.82, 2.24) is 5.32 Å². The number of nitrogens with one attached hydrogen (secondary N) is 1. The number of sulfone groups is 1. The molecule has 0 aliphatic carbocycles. The minimum absolute atomic E-state index is 0.201. The number of hydrogen-bond acceptors (Lipinski definition) is 8. The van der Waals surface area contributed by atoms with E-state index < -0.39 is 27.8 Å². The van der Waals surface area contributed by atoms with Crippen LogP contribution in [0.25, 0.3) is 11.1 Å². The second-order valence-corrected chi connectivity index (χ2v) is 12.7. The highest BCUT2D eigenvalue weighted by molar-refractivity contribution is 7.90. The summed E-state index contributed by atoms with van der Waals surface area (Å²) in [5.74, 6) is -0.860. The van der Waals surface area contributed by atoms with Gasteiger partial charge in [-0.05, 0) is 72.4 Å². The summed E-state index contributed by atoms with van der Waals surface area (Å²) < 4.78 is 46.1. The van der Waals surface area contributed by atoms with E-state index in [9.17, 15) is 23.1 Å². The predicted octanol–water partition coefficient (Wildman–Crippen LogP) is 4.17. The molecule has 0 radical (unpaired) electrons. The Kier molecular flexibility index (Phi) is 10.8. The highest BCUT2D eigenvalue weighted by Gasteiger charge is 2.24. The molecule has 3 aromatic rings. The molecule has 0 saturated carbocycles. The molecule has 43 heavy (non-hydrogen) atoms. The van der Waals surface area contributed by atoms with Crippen molar-refractivity contribution >= 4 is 21.7 Å². The molecule has 3 aromatic carbocycles. The Morgan fingerprint density at radius 2 is 1.74 bits per heavy atom. The zero-order valence-corrected chi connectivity index (χ0v) is 25.3. The molecule has 0 fully saturated rings. The molecule has 0 unspecified atom stereocenters. The maximum absolute atomic E-state index is 13.4. The molecule has 4 rings (SSSR count). The van der Waals surface area contributed by atoms with Gasteiger partial charge in [0.15, 0.2) is 11.5 Å². The SMILES string of the molecule is CCOC[C@H](Cc1ccc2c(c1)OCO2)OCc1ccc(C(=O)N[C@@H](CCS(C)(=O)=O)C(=O)O)c(-c2ccccc2C)c1. The highest BCUT2D eigenvalue weighted by Crippen LogP contribution is 2.33. The van der Waals surface area contributed by atoms with Crippen molar-refractivity contribution < 1.29 is 42.1 Å². The van der Waals surface area contributed by atoms with Crippen LogP contribution >= 0.6 is 0 Å². The van der Waals surface area contributed by atoms with Crippen molar-refractivity contribution in [3.63, 3.8) is 0 Å². The first kappa shape index (κ1) is 32.0. The number of carboxylic acid groups (broad SMARTS) is 1. The third kappa shape index (κ3) is 9.03. The number of fused-ring (bicyclic) bond motifs is 1. The van der Waals surface area contributed by atoms with Gasteiger partial charge in [0.1, 0.15) is 15.9 Å². The molecule has 0 spiro atoms. The second kappa shape index (κ2) is 14.5. The van der Waals surface area contributed by atoms with E-state index in [1.54, 1.807) is 12.1 Å². The quantitative estimate of drug-likeness (QED) is 0.259. The van der Waals surface area contributed by atoms with Crippen LogP contribution in [0.1, 0.15) is 40.4 Å². The van der Waals surface area contributed by atoms with Crippen LogP contribution in [0.4, 0.5) is 0 Å². The second-order valence-electron chi connectivity index (χ2n) is 10.5. The van der Waals surface area contributed by atoms with E-state index in [2.05, 4.69) is 5.32 Å². The number of rotatable bonds is 15. The van der Waals surface area contributed by atoms with Crippen LogP contribution in [-0.4, -0.2) is 69.6 Å². The number of benzene rings is 3. The zero-order chi connectivity index (χ0) is 31.0. The number of carbonyl (C=O) groups excluding carboxylic acids is 1. The summed E-state index contributed by atoms with van der Waals surface area (Å²) in [6.07, 6.45) is 1.12. The predicted molar refractivity (Wildman–Crippen MR) is 161 cm³/mol. The summed E-state index contributed by atoms with van der Waals surface area (Å²) in [4.78, 5) is 25.2. The summed E-state index contributed by atoms with van der Waals surface area (Å²) >= 11 is 0. The molecule has 0 saturated heterocycles. The van der Waals surface area contributed by atoms with Crippen molar-refractivity contribution in [3.05, 3.63) is 82.9 Å². The standard InChI is InChI=1S/C32H37NO9S/c1-4-39-19-24(15-22-10-12-29-30(17-22)42-20-41-29)40-18-23-9-11-26(27(16-23)25-8-6-5-7-21(25)2)31(34)33-28(32(35)36)13-14-43(3,37)38/h5-12,16-17,24,28H,4,13-15,18-20H2,1-3H3,(H,33,34)(H,35,36)/t24-,28-/m0/s1. The number of aliphatic carboxylic acids is 1. The first-order valence-electron chi connectivity index (χ1n) is 14.0. The summed E-state index contributed by atoms with van der Waals surface area (Å²) in [5, 5.41) is 12.1. The van der Waals surface area contributed by atoms with Gasteiger partial charge in [0.05, 0.1) is 25.1 Å². The first-order chi connectivity index (χ1) is 20.5. The van der Waals surface area contributed by atoms with Gasteiger partial charge in [-0.25, -0.2) is 13.2 Å². The Hall–Kier alpha value is -3.93. The van der Waals surface area contributed by atoms with Crippen LogP contribution < -0.4 is 14.8 Å². The number of ether oxygens (including phenoxy) is 4. The molecule has 10 nitrogen and oxygen atoms in total. The van der Waals surface area contributed by atoms with Gasteiger partial charge >= 0.3 is 5.97 Å². The Balaban J connectivity index is 1.56. The summed E-state index contributed by atoms with van der Waals surface area (Å²) in [7, 11) is -3.41. The minimum atomic E-state index is -3.41. The van der Waals surface area contributed by atoms with Crippen molar-refractivity contribution in [2.24, 2.45) is 0 Å². The van der Waals surface area contributed by atoms with Crippen molar-refractivity contribution in [3.8, 4) is 22.6 Å². The normalized spacial score (nSPS) is 13.8. The summed E-state index contributed by atoms with van der Waals surface area (Å²) in [5.41, 5.74) is 4.46. The lowest BCUT2D eigenvalue weighted by Gasteiger charge is -2.20. The average Bonchev–Trinajstić information content (AvgIpc) is 3.44. The van der Waals surface area contributed by atoms with E-state index in [4.69, 9.17) is 18.9 Å². The number of carbonyl (C=O) groups is 2. The minimum Gasteiger partial charge on any atom is -0.480 e. The fourth-order valence-corrected chi connectivity index (χ4v) is 5.43. The molecule has 1 amide bonds. The van der Waals surface area contributed by atoms with Gasteiger partial charge < -0.3 is 29.4 Å². The van der Waals surface area contributed by atoms with Gasteiger partial charge in [-0.15, -0.1) is 0 Å². The third-order valence-electron chi connectivity index (χ3n) is 7.04. The van der Waals surface area contributed by atoms with Gasteiger partial charge in [0, 0.05) is 24.8 Å². The van der Waals surface area contributed by atoms with E-state index in [1.807, 2.05) is 62.4 Å². The maximum atomic E-state index is 13.4. The first-order valence-corrected chi connectivity index (χ1v) is 16.1. The van der Waals surface area contributed by atoms with E-state index in [1.165, 1.54) is 0 Å². The van der Waals surface area contributed by atoms with Crippen LogP contribution in [0.5, 0.6) is 11.5 Å². The van der Waals surface area contributed by atoms with E-state index in [0.29, 0.717) is 36.7 Å². The largest absolute Gasteiger partial charge is 0.480 e. The topological polar surface area (TPSA) is 137 Å². The maximum Gasteiger partial charge on any atom is 0.326 e. The van der Waals surface area contributed by atoms with Crippen LogP contribution in [0.3, 0.4) is 0 Å². The van der Waals surface area contributed by atoms with Gasteiger partial charge in [-0.2, -0.15) is 0 Å². The Labute approximate surface area is 251 Å². The molecule has 2 N–H and O–H groups in total. The monoisotopic (exact) mass is 611 g/mol. The molecule has 1 aliphatic rings. The molecule has 1 aliphatic heterocycles. The molecule has 2 atom stereocenters. The highest BCUT2D eigenvalue weighted by atomic mass is 32.2. The summed E-state index contributed by atoms with van der Waals surface area (Å²) in [6.45, 7) is 5.23. The molecule has 230 valence electrons. The van der Waals surface area contributed by atoms with Crippen LogP contribution in [0, 0.1) is 6.92 Å². The fourth-order valence-electron chi connectivity index (χ4n) is 4.76. The molecule has 1 heterocycles. The van der Waals surface area contributed by atoms with Gasteiger partial charge in [-0.1, -0.05) is 36.4 Å². The Bertz CT molecular complexity index is 1550. The van der Waals surface area contributed by atoms with Crippen LogP contribution in [0.2, 0.25) is 0 Å². The lowest BCUT2D eigenvalue weighted by atomic mass is 9.93. The van der Waals surface area contributed by atoms with E-state index >= 15 is 0 Å². The number of aryl methyl sites for hydroxylation is 1. The van der Waals surface area contributed by atoms with Gasteiger partial charge in [-0.3, -0.25) is 4.79 Å². The molecular weight excluding hydrogens is 574 g/mol. The van der Waals surface area contributed by atoms with E-state index in [-0.39, 0.29) is 37.2 Å². The number of amides is 1. The van der Waals surface area contributed by atoms with Crippen LogP contribution in [-0.2, 0) is 37.1 Å². The summed E-state index contributed by atoms with van der Waals surface area (Å²) in [6, 6.07) is 17.3. The Morgan fingerprint density at radius 1 is 1.00 bits per heavy atom. The Morgan fingerprint density at radius 3 is 2.47 bits per heavy atom. The lowest BCUT2D eigenvalue weighted by Crippen LogP contribution is -2.42. The van der Waals surface area contributed by atoms with Gasteiger partial charge in [0.25, 0.3) is 5.91 Å². The van der Waals surface area contributed by atoms with E-state index in [0.717, 1.165) is 28.5 Å². The number of carboxylic acids is 1. The molecular formula is C32H37NO9S. The smallest absolute Gasteiger partial charge is 0.326 e. The zero-order valence-electron chi connectivity index (χ0n) is 24.5. The third-order valence-corrected chi connectivity index (χ3v) is 8.02. The van der Waals surface area contributed by atoms with Crippen molar-refractivity contribution in [1.29, 1.82) is 0 Å². The molecule has 0 aromatic heterocycles. The van der Waals surface area contributed by atoms with Crippen molar-refractivity contribution in [2.75, 3.05) is 32.0 Å². The molecule has 11 heteroatoms. The lowest BCUT2D eigenvalue weighted by molar-refractivity contribution is -0.139.